The van der Waals surface area contributed by atoms with E-state index < -0.39 is 0 Å². The maximum absolute atomic E-state index is 13.8. The molecule has 3 saturated heterocycles. The molecule has 3 amide bonds. The Hall–Kier alpha value is -3.10. The minimum atomic E-state index is -0.374. The molecule has 0 N–H and O–H groups in total. The van der Waals surface area contributed by atoms with Crippen molar-refractivity contribution in [3.63, 3.8) is 0 Å². The van der Waals surface area contributed by atoms with Crippen LogP contribution in [-0.4, -0.2) is 85.0 Å². The van der Waals surface area contributed by atoms with Gasteiger partial charge < -0.3 is 19.4 Å². The van der Waals surface area contributed by atoms with Crippen molar-refractivity contribution in [2.75, 3.05) is 55.7 Å². The molecule has 8 nitrogen and oxygen atoms in total. The summed E-state index contributed by atoms with van der Waals surface area (Å²) in [6.07, 6.45) is 2.96. The summed E-state index contributed by atoms with van der Waals surface area (Å²) in [7, 11) is 0. The molecule has 9 heteroatoms. The largest absolute Gasteiger partial charge is 0.375 e. The summed E-state index contributed by atoms with van der Waals surface area (Å²) in [6, 6.07) is 13.2. The lowest BCUT2D eigenvalue weighted by Crippen LogP contribution is -2.52. The maximum atomic E-state index is 13.8. The number of piperidine rings is 1. The zero-order valence-corrected chi connectivity index (χ0v) is 24.0. The number of rotatable bonds is 4. The lowest BCUT2D eigenvalue weighted by molar-refractivity contribution is -0.136. The van der Waals surface area contributed by atoms with Gasteiger partial charge in [-0.2, -0.15) is 0 Å². The smallest absolute Gasteiger partial charge is 0.263 e. The molecule has 0 unspecified atom stereocenters. The summed E-state index contributed by atoms with van der Waals surface area (Å²) in [4.78, 5) is 48.7. The summed E-state index contributed by atoms with van der Waals surface area (Å²) in [5, 5.41) is 0.714. The van der Waals surface area contributed by atoms with E-state index >= 15 is 0 Å². The maximum Gasteiger partial charge on any atom is 0.263 e. The highest BCUT2D eigenvalue weighted by Crippen LogP contribution is 2.38. The molecule has 0 aliphatic carbocycles. The Morgan fingerprint density at radius 3 is 2.48 bits per heavy atom. The monoisotopic (exact) mass is 564 g/mol. The van der Waals surface area contributed by atoms with Crippen LogP contribution in [0.4, 0.5) is 11.4 Å². The van der Waals surface area contributed by atoms with E-state index in [1.807, 2.05) is 49.1 Å². The summed E-state index contributed by atoms with van der Waals surface area (Å²) >= 11 is 6.18. The number of anilines is 2. The van der Waals surface area contributed by atoms with Crippen LogP contribution in [-0.2, 0) is 9.53 Å². The minimum Gasteiger partial charge on any atom is -0.375 e. The first-order valence-electron chi connectivity index (χ1n) is 14.4. The molecule has 2 atom stereocenters. The van der Waals surface area contributed by atoms with Crippen molar-refractivity contribution in [1.82, 2.24) is 9.80 Å². The van der Waals surface area contributed by atoms with Crippen molar-refractivity contribution >= 4 is 40.7 Å². The number of halogens is 1. The van der Waals surface area contributed by atoms with Crippen LogP contribution in [0, 0.1) is 5.92 Å². The fraction of sp³-hybridized carbons (Fsp3) is 0.516. The molecule has 0 radical (unpaired) electrons. The summed E-state index contributed by atoms with van der Waals surface area (Å²) in [5.41, 5.74) is 2.44. The van der Waals surface area contributed by atoms with Crippen LogP contribution < -0.4 is 9.80 Å². The molecular weight excluding hydrogens is 528 g/mol. The van der Waals surface area contributed by atoms with Crippen LogP contribution in [0.5, 0.6) is 0 Å². The van der Waals surface area contributed by atoms with Crippen molar-refractivity contribution in [3.8, 4) is 0 Å². The highest BCUT2D eigenvalue weighted by atomic mass is 35.5. The normalized spacial score (nSPS) is 24.9. The van der Waals surface area contributed by atoms with E-state index in [4.69, 9.17) is 16.3 Å². The Morgan fingerprint density at radius 1 is 0.950 bits per heavy atom. The first-order valence-corrected chi connectivity index (χ1v) is 14.8. The predicted molar refractivity (Wildman–Crippen MR) is 155 cm³/mol. The van der Waals surface area contributed by atoms with Gasteiger partial charge in [-0.05, 0) is 69.9 Å². The lowest BCUT2D eigenvalue weighted by atomic mass is 9.93. The quantitative estimate of drug-likeness (QED) is 0.511. The van der Waals surface area contributed by atoms with Gasteiger partial charge in [0.25, 0.3) is 11.8 Å². The molecule has 4 aliphatic heterocycles. The number of carbonyl (C=O) groups is 3. The van der Waals surface area contributed by atoms with Crippen molar-refractivity contribution in [1.29, 1.82) is 0 Å². The van der Waals surface area contributed by atoms with Gasteiger partial charge in [0.2, 0.25) is 5.91 Å². The van der Waals surface area contributed by atoms with Gasteiger partial charge >= 0.3 is 0 Å². The average molecular weight is 565 g/mol. The molecule has 3 fully saturated rings. The Kier molecular flexibility index (Phi) is 7.25. The standard InChI is InChI=1S/C31H37ClN4O4/c1-31(2)19-24(11-17-40-31)36-29(38)25-9-4-10-26(27(25)30(36)39)35-12-5-6-21(20-35)28(37)34-15-13-33(14-16-34)23-8-3-7-22(32)18-23/h3-4,7-10,18,21,24H,5-6,11-17,19-20H2,1-2H3/t21-,24+/m0/s1. The third kappa shape index (κ3) is 5.07. The molecule has 40 heavy (non-hydrogen) atoms. The van der Waals surface area contributed by atoms with Gasteiger partial charge in [0.15, 0.2) is 0 Å². The van der Waals surface area contributed by atoms with Crippen molar-refractivity contribution in [2.24, 2.45) is 5.92 Å². The molecule has 4 heterocycles. The van der Waals surface area contributed by atoms with Crippen LogP contribution >= 0.6 is 11.6 Å². The Bertz CT molecular complexity index is 1320. The molecule has 4 aliphatic rings. The van der Waals surface area contributed by atoms with E-state index in [-0.39, 0.29) is 35.3 Å². The van der Waals surface area contributed by atoms with Crippen LogP contribution in [0.2, 0.25) is 5.02 Å². The molecule has 212 valence electrons. The SMILES string of the molecule is CC1(C)C[C@H](N2C(=O)c3cccc(N4CCC[C@H](C(=O)N5CCN(c6cccc(Cl)c6)CC5)C4)c3C2=O)CCO1. The van der Waals surface area contributed by atoms with Gasteiger partial charge in [0.1, 0.15) is 0 Å². The summed E-state index contributed by atoms with van der Waals surface area (Å²) in [5.74, 6) is -0.394. The zero-order valence-electron chi connectivity index (χ0n) is 23.3. The number of ether oxygens (including phenoxy) is 1. The Labute approximate surface area is 240 Å². The van der Waals surface area contributed by atoms with E-state index in [9.17, 15) is 14.4 Å². The predicted octanol–water partition coefficient (Wildman–Crippen LogP) is 4.46. The average Bonchev–Trinajstić information content (AvgIpc) is 3.22. The summed E-state index contributed by atoms with van der Waals surface area (Å²) in [6.45, 7) is 8.73. The van der Waals surface area contributed by atoms with Gasteiger partial charge in [-0.1, -0.05) is 23.7 Å². The van der Waals surface area contributed by atoms with E-state index in [1.54, 1.807) is 6.07 Å². The van der Waals surface area contributed by atoms with Gasteiger partial charge in [0.05, 0.1) is 28.3 Å². The fourth-order valence-corrected chi connectivity index (χ4v) is 7.00. The van der Waals surface area contributed by atoms with Crippen molar-refractivity contribution in [3.05, 3.63) is 58.6 Å². The van der Waals surface area contributed by atoms with Crippen LogP contribution in [0.25, 0.3) is 0 Å². The first-order chi connectivity index (χ1) is 19.2. The molecular formula is C31H37ClN4O4. The zero-order chi connectivity index (χ0) is 28.0. The molecule has 6 rings (SSSR count). The van der Waals surface area contributed by atoms with E-state index in [0.717, 1.165) is 43.9 Å². The van der Waals surface area contributed by atoms with Gasteiger partial charge in [0, 0.05) is 62.6 Å². The minimum absolute atomic E-state index is 0.137. The summed E-state index contributed by atoms with van der Waals surface area (Å²) < 4.78 is 5.84. The second kappa shape index (κ2) is 10.7. The third-order valence-corrected chi connectivity index (χ3v) is 9.07. The first kappa shape index (κ1) is 27.1. The third-order valence-electron chi connectivity index (χ3n) is 8.84. The second-order valence-corrected chi connectivity index (χ2v) is 12.4. The van der Waals surface area contributed by atoms with Crippen molar-refractivity contribution < 1.29 is 19.1 Å². The van der Waals surface area contributed by atoms with E-state index in [1.165, 1.54) is 4.90 Å². The topological polar surface area (TPSA) is 73.4 Å². The number of hydrogen-bond donors (Lipinski definition) is 0. The molecule has 0 bridgehead atoms. The molecule has 0 spiro atoms. The Balaban J connectivity index is 1.15. The fourth-order valence-electron chi connectivity index (χ4n) is 6.81. The van der Waals surface area contributed by atoms with Crippen LogP contribution in [0.3, 0.4) is 0 Å². The van der Waals surface area contributed by atoms with Crippen LogP contribution in [0.15, 0.2) is 42.5 Å². The second-order valence-electron chi connectivity index (χ2n) is 12.0. The number of hydrogen-bond acceptors (Lipinski definition) is 6. The highest BCUT2D eigenvalue weighted by molar-refractivity contribution is 6.30. The number of piperazine rings is 1. The van der Waals surface area contributed by atoms with Crippen molar-refractivity contribution in [2.45, 2.75) is 51.2 Å². The Morgan fingerprint density at radius 2 is 1.73 bits per heavy atom. The number of fused-ring (bicyclic) bond motifs is 1. The number of amides is 3. The number of benzene rings is 2. The highest BCUT2D eigenvalue weighted by Gasteiger charge is 2.45. The van der Waals surface area contributed by atoms with Crippen LogP contribution in [0.1, 0.15) is 60.2 Å². The van der Waals surface area contributed by atoms with Gasteiger partial charge in [-0.15, -0.1) is 0 Å². The van der Waals surface area contributed by atoms with E-state index in [0.29, 0.717) is 55.2 Å². The number of nitrogens with zero attached hydrogens (tertiary/aromatic N) is 4. The lowest BCUT2D eigenvalue weighted by Gasteiger charge is -2.40. The van der Waals surface area contributed by atoms with E-state index in [2.05, 4.69) is 15.9 Å². The molecule has 2 aromatic carbocycles. The number of carbonyl (C=O) groups excluding carboxylic acids is 3. The van der Waals surface area contributed by atoms with Gasteiger partial charge in [-0.3, -0.25) is 19.3 Å². The van der Waals surface area contributed by atoms with Gasteiger partial charge in [-0.25, -0.2) is 0 Å². The molecule has 0 saturated carbocycles. The molecule has 2 aromatic rings. The number of imide groups is 1. The molecule has 0 aromatic heterocycles.